The Bertz CT molecular complexity index is 1110. The first-order valence-corrected chi connectivity index (χ1v) is 10.1. The molecule has 0 fully saturated rings. The Morgan fingerprint density at radius 2 is 2.15 bits per heavy atom. The summed E-state index contributed by atoms with van der Waals surface area (Å²) in [5, 5.41) is 11.4. The molecular formula is C17H18N6OS2. The number of fused-ring (bicyclic) bond motifs is 1. The summed E-state index contributed by atoms with van der Waals surface area (Å²) >= 11 is 3.02. The monoisotopic (exact) mass is 386 g/mol. The quantitative estimate of drug-likeness (QED) is 0.477. The summed E-state index contributed by atoms with van der Waals surface area (Å²) in [7, 11) is 2.03. The molecule has 0 aliphatic rings. The second kappa shape index (κ2) is 7.08. The molecule has 0 aliphatic carbocycles. The van der Waals surface area contributed by atoms with Crippen molar-refractivity contribution in [3.63, 3.8) is 0 Å². The molecule has 26 heavy (non-hydrogen) atoms. The van der Waals surface area contributed by atoms with E-state index >= 15 is 0 Å². The Morgan fingerprint density at radius 1 is 1.27 bits per heavy atom. The van der Waals surface area contributed by atoms with Crippen molar-refractivity contribution in [3.8, 4) is 0 Å². The molecule has 4 heterocycles. The summed E-state index contributed by atoms with van der Waals surface area (Å²) in [5.74, 6) is 1.53. The van der Waals surface area contributed by atoms with Gasteiger partial charge in [0.1, 0.15) is 5.82 Å². The van der Waals surface area contributed by atoms with E-state index in [0.29, 0.717) is 5.75 Å². The molecule has 9 heteroatoms. The lowest BCUT2D eigenvalue weighted by Crippen LogP contribution is -2.12. The van der Waals surface area contributed by atoms with Crippen molar-refractivity contribution in [3.05, 3.63) is 63.5 Å². The van der Waals surface area contributed by atoms with Crippen molar-refractivity contribution in [1.29, 1.82) is 0 Å². The largest absolute Gasteiger partial charge is 0.354 e. The fraction of sp³-hybridized carbons (Fsp3) is 0.294. The molecule has 0 atom stereocenters. The number of aromatic nitrogens is 6. The van der Waals surface area contributed by atoms with Crippen molar-refractivity contribution in [2.24, 2.45) is 7.05 Å². The van der Waals surface area contributed by atoms with Crippen LogP contribution in [0.3, 0.4) is 0 Å². The molecule has 4 rings (SSSR count). The van der Waals surface area contributed by atoms with E-state index in [1.54, 1.807) is 28.4 Å². The number of rotatable bonds is 6. The fourth-order valence-electron chi connectivity index (χ4n) is 2.82. The number of thioether (sulfide) groups is 1. The van der Waals surface area contributed by atoms with Crippen LogP contribution in [0.4, 0.5) is 0 Å². The fourth-order valence-corrected chi connectivity index (χ4v) is 4.47. The minimum atomic E-state index is -0.0480. The summed E-state index contributed by atoms with van der Waals surface area (Å²) in [6.45, 7) is 2.89. The van der Waals surface area contributed by atoms with Crippen molar-refractivity contribution in [2.45, 2.75) is 30.8 Å². The highest BCUT2D eigenvalue weighted by molar-refractivity contribution is 7.98. The SMILES string of the molecule is CCn1c(Cc2cccn2C)nnc1SCc1cc(=O)n2ccsc2n1. The van der Waals surface area contributed by atoms with E-state index in [4.69, 9.17) is 0 Å². The van der Waals surface area contributed by atoms with Gasteiger partial charge in [0, 0.05) is 55.3 Å². The lowest BCUT2D eigenvalue weighted by molar-refractivity contribution is 0.645. The topological polar surface area (TPSA) is 70.0 Å². The highest BCUT2D eigenvalue weighted by Crippen LogP contribution is 2.22. The number of hydrogen-bond donors (Lipinski definition) is 0. The lowest BCUT2D eigenvalue weighted by Gasteiger charge is -2.08. The molecule has 7 nitrogen and oxygen atoms in total. The third kappa shape index (κ3) is 3.19. The van der Waals surface area contributed by atoms with Gasteiger partial charge in [-0.2, -0.15) is 0 Å². The van der Waals surface area contributed by atoms with Crippen molar-refractivity contribution < 1.29 is 0 Å². The van der Waals surface area contributed by atoms with E-state index in [9.17, 15) is 4.79 Å². The van der Waals surface area contributed by atoms with Crippen LogP contribution in [0.5, 0.6) is 0 Å². The van der Waals surface area contributed by atoms with Gasteiger partial charge in [-0.1, -0.05) is 11.8 Å². The molecule has 0 bridgehead atoms. The summed E-state index contributed by atoms with van der Waals surface area (Å²) in [6, 6.07) is 5.71. The zero-order valence-corrected chi connectivity index (χ0v) is 16.1. The van der Waals surface area contributed by atoms with Gasteiger partial charge >= 0.3 is 0 Å². The smallest absolute Gasteiger partial charge is 0.258 e. The third-order valence-electron chi connectivity index (χ3n) is 4.21. The van der Waals surface area contributed by atoms with Crippen LogP contribution in [0.25, 0.3) is 4.96 Å². The predicted octanol–water partition coefficient (Wildman–Crippen LogP) is 2.59. The van der Waals surface area contributed by atoms with Crippen LogP contribution >= 0.6 is 23.1 Å². The van der Waals surface area contributed by atoms with Crippen LogP contribution in [-0.2, 0) is 25.8 Å². The number of aryl methyl sites for hydroxylation is 1. The summed E-state index contributed by atoms with van der Waals surface area (Å²) in [4.78, 5) is 17.4. The van der Waals surface area contributed by atoms with Gasteiger partial charge in [-0.3, -0.25) is 9.20 Å². The first kappa shape index (κ1) is 17.0. The van der Waals surface area contributed by atoms with Gasteiger partial charge in [0.2, 0.25) is 0 Å². The average Bonchev–Trinajstić information content (AvgIpc) is 3.34. The molecular weight excluding hydrogens is 368 g/mol. The standard InChI is InChI=1S/C17H18N6OS2/c1-3-22-14(10-13-5-4-6-21(13)2)19-20-17(22)26-11-12-9-15(24)23-7-8-25-16(23)18-12/h4-9H,3,10-11H2,1-2H3. The average molecular weight is 387 g/mol. The summed E-state index contributed by atoms with van der Waals surface area (Å²) in [6.07, 6.45) is 4.52. The molecule has 0 radical (unpaired) electrons. The molecule has 0 unspecified atom stereocenters. The van der Waals surface area contributed by atoms with Gasteiger partial charge in [-0.25, -0.2) is 4.98 Å². The minimum Gasteiger partial charge on any atom is -0.354 e. The van der Waals surface area contributed by atoms with Crippen LogP contribution in [0.15, 0.2) is 45.9 Å². The van der Waals surface area contributed by atoms with E-state index in [-0.39, 0.29) is 5.56 Å². The van der Waals surface area contributed by atoms with Crippen molar-refractivity contribution in [2.75, 3.05) is 0 Å². The summed E-state index contributed by atoms with van der Waals surface area (Å²) in [5.41, 5.74) is 1.91. The molecule has 134 valence electrons. The molecule has 0 spiro atoms. The predicted molar refractivity (Wildman–Crippen MR) is 103 cm³/mol. The van der Waals surface area contributed by atoms with Gasteiger partial charge < -0.3 is 9.13 Å². The molecule has 0 aromatic carbocycles. The Kier molecular flexibility index (Phi) is 4.64. The van der Waals surface area contributed by atoms with Gasteiger partial charge in [0.05, 0.1) is 5.69 Å². The van der Waals surface area contributed by atoms with Gasteiger partial charge in [-0.15, -0.1) is 21.5 Å². The van der Waals surface area contributed by atoms with E-state index in [2.05, 4.69) is 37.3 Å². The van der Waals surface area contributed by atoms with Crippen LogP contribution in [0.2, 0.25) is 0 Å². The molecule has 4 aromatic heterocycles. The second-order valence-electron chi connectivity index (χ2n) is 5.86. The number of thiazole rings is 1. The van der Waals surface area contributed by atoms with Crippen LogP contribution < -0.4 is 5.56 Å². The van der Waals surface area contributed by atoms with E-state index in [0.717, 1.165) is 34.6 Å². The minimum absolute atomic E-state index is 0.0480. The Morgan fingerprint density at radius 3 is 2.92 bits per heavy atom. The highest BCUT2D eigenvalue weighted by Gasteiger charge is 2.14. The maximum Gasteiger partial charge on any atom is 0.258 e. The molecule has 0 saturated carbocycles. The number of hydrogen-bond acceptors (Lipinski definition) is 6. The zero-order chi connectivity index (χ0) is 18.1. The van der Waals surface area contributed by atoms with Gasteiger partial charge in [0.25, 0.3) is 5.56 Å². The third-order valence-corrected chi connectivity index (χ3v) is 5.96. The zero-order valence-electron chi connectivity index (χ0n) is 14.5. The van der Waals surface area contributed by atoms with Crippen LogP contribution in [-0.4, -0.2) is 28.7 Å². The van der Waals surface area contributed by atoms with Crippen LogP contribution in [0, 0.1) is 0 Å². The molecule has 4 aromatic rings. The second-order valence-corrected chi connectivity index (χ2v) is 7.68. The maximum atomic E-state index is 12.1. The van der Waals surface area contributed by atoms with Crippen molar-refractivity contribution >= 4 is 28.1 Å². The first-order valence-electron chi connectivity index (χ1n) is 8.26. The maximum absolute atomic E-state index is 12.1. The van der Waals surface area contributed by atoms with Crippen LogP contribution in [0.1, 0.15) is 24.1 Å². The van der Waals surface area contributed by atoms with E-state index in [1.807, 2.05) is 24.7 Å². The Balaban J connectivity index is 1.54. The Labute approximate surface area is 158 Å². The lowest BCUT2D eigenvalue weighted by atomic mass is 10.3. The molecule has 0 aliphatic heterocycles. The number of nitrogens with zero attached hydrogens (tertiary/aromatic N) is 6. The Hall–Kier alpha value is -2.39. The van der Waals surface area contributed by atoms with Gasteiger partial charge in [-0.05, 0) is 19.1 Å². The van der Waals surface area contributed by atoms with E-state index < -0.39 is 0 Å². The molecule has 0 amide bonds. The molecule has 0 N–H and O–H groups in total. The van der Waals surface area contributed by atoms with Crippen molar-refractivity contribution in [1.82, 2.24) is 28.7 Å². The first-order chi connectivity index (χ1) is 12.7. The molecule has 0 saturated heterocycles. The summed E-state index contributed by atoms with van der Waals surface area (Å²) < 4.78 is 5.77. The highest BCUT2D eigenvalue weighted by atomic mass is 32.2. The van der Waals surface area contributed by atoms with Gasteiger partial charge in [0.15, 0.2) is 10.1 Å². The normalized spacial score (nSPS) is 11.5. The van der Waals surface area contributed by atoms with E-state index in [1.165, 1.54) is 17.0 Å².